The van der Waals surface area contributed by atoms with E-state index in [1.54, 1.807) is 0 Å². The van der Waals surface area contributed by atoms with Gasteiger partial charge in [0.2, 0.25) is 10.0 Å². The Bertz CT molecular complexity index is 1150. The Morgan fingerprint density at radius 2 is 1.60 bits per heavy atom. The zero-order chi connectivity index (χ0) is 21.3. The monoisotopic (exact) mass is 480 g/mol. The number of nitrogens with zero attached hydrogens (tertiary/aromatic N) is 1. The van der Waals surface area contributed by atoms with Crippen molar-refractivity contribution < 1.29 is 8.42 Å². The lowest BCUT2D eigenvalue weighted by Crippen LogP contribution is -2.48. The zero-order valence-corrected chi connectivity index (χ0v) is 18.9. The van der Waals surface area contributed by atoms with Crippen molar-refractivity contribution >= 4 is 50.5 Å². The van der Waals surface area contributed by atoms with Crippen LogP contribution in [0.2, 0.25) is 15.1 Å². The highest BCUT2D eigenvalue weighted by molar-refractivity contribution is 7.89. The molecule has 1 atom stereocenters. The van der Waals surface area contributed by atoms with Crippen LogP contribution in [-0.2, 0) is 23.0 Å². The lowest BCUT2D eigenvalue weighted by Gasteiger charge is -2.36. The van der Waals surface area contributed by atoms with Gasteiger partial charge in [-0.1, -0.05) is 65.1 Å². The lowest BCUT2D eigenvalue weighted by atomic mass is 9.98. The molecule has 3 aromatic rings. The van der Waals surface area contributed by atoms with Crippen LogP contribution >= 0.6 is 34.8 Å². The van der Waals surface area contributed by atoms with Crippen molar-refractivity contribution in [2.45, 2.75) is 23.9 Å². The Morgan fingerprint density at radius 3 is 2.30 bits per heavy atom. The molecule has 1 unspecified atom stereocenters. The third-order valence-electron chi connectivity index (χ3n) is 4.97. The molecule has 30 heavy (non-hydrogen) atoms. The molecule has 1 N–H and O–H groups in total. The summed E-state index contributed by atoms with van der Waals surface area (Å²) < 4.78 is 28.8. The van der Waals surface area contributed by atoms with E-state index in [1.807, 2.05) is 36.4 Å². The normalized spacial score (nSPS) is 16.4. The first kappa shape index (κ1) is 21.5. The topological polar surface area (TPSA) is 49.4 Å². The van der Waals surface area contributed by atoms with Gasteiger partial charge in [0, 0.05) is 39.9 Å². The van der Waals surface area contributed by atoms with Crippen LogP contribution in [0.15, 0.2) is 71.6 Å². The molecule has 0 saturated carbocycles. The first-order valence-electron chi connectivity index (χ1n) is 9.36. The summed E-state index contributed by atoms with van der Waals surface area (Å²) in [6, 6.07) is 19.8. The van der Waals surface area contributed by atoms with Crippen molar-refractivity contribution in [3.05, 3.63) is 92.9 Å². The van der Waals surface area contributed by atoms with E-state index in [0.717, 1.165) is 16.8 Å². The zero-order valence-electron chi connectivity index (χ0n) is 15.9. The van der Waals surface area contributed by atoms with Gasteiger partial charge in [-0.2, -0.15) is 0 Å². The fourth-order valence-electron chi connectivity index (χ4n) is 3.72. The van der Waals surface area contributed by atoms with Crippen molar-refractivity contribution in [2.24, 2.45) is 0 Å². The van der Waals surface area contributed by atoms with Crippen molar-refractivity contribution in [3.8, 4) is 0 Å². The highest BCUT2D eigenvalue weighted by Crippen LogP contribution is 2.32. The van der Waals surface area contributed by atoms with E-state index in [2.05, 4.69) is 21.8 Å². The molecular weight excluding hydrogens is 463 g/mol. The predicted octanol–water partition coefficient (Wildman–Crippen LogP) is 5.56. The molecule has 0 aliphatic carbocycles. The van der Waals surface area contributed by atoms with Crippen LogP contribution in [0.4, 0.5) is 5.69 Å². The van der Waals surface area contributed by atoms with E-state index in [1.165, 1.54) is 18.2 Å². The fourth-order valence-corrected chi connectivity index (χ4v) is 5.87. The average Bonchev–Trinajstić information content (AvgIpc) is 2.67. The predicted molar refractivity (Wildman–Crippen MR) is 123 cm³/mol. The lowest BCUT2D eigenvalue weighted by molar-refractivity contribution is 0.524. The number of benzene rings is 3. The number of halogens is 3. The second kappa shape index (κ2) is 8.77. The van der Waals surface area contributed by atoms with Crippen LogP contribution < -0.4 is 9.62 Å². The summed E-state index contributed by atoms with van der Waals surface area (Å²) in [7, 11) is -3.79. The van der Waals surface area contributed by atoms with Gasteiger partial charge in [-0.15, -0.1) is 0 Å². The second-order valence-corrected chi connectivity index (χ2v) is 10.3. The van der Waals surface area contributed by atoms with E-state index in [0.29, 0.717) is 24.5 Å². The maximum atomic E-state index is 13.0. The molecule has 8 heteroatoms. The minimum Gasteiger partial charge on any atom is -0.365 e. The smallest absolute Gasteiger partial charge is 0.240 e. The van der Waals surface area contributed by atoms with E-state index in [-0.39, 0.29) is 21.0 Å². The van der Waals surface area contributed by atoms with E-state index < -0.39 is 10.0 Å². The molecule has 3 aromatic carbocycles. The minimum atomic E-state index is -3.79. The van der Waals surface area contributed by atoms with Crippen molar-refractivity contribution in [1.29, 1.82) is 0 Å². The number of hydrogen-bond donors (Lipinski definition) is 1. The number of anilines is 1. The molecule has 1 aliphatic heterocycles. The number of sulfonamides is 1. The molecule has 0 fully saturated rings. The molecular formula is C22H19Cl3N2O2S. The fraction of sp³-hybridized carbons (Fsp3) is 0.182. The Hall–Kier alpha value is -1.76. The van der Waals surface area contributed by atoms with Crippen LogP contribution in [0, 0.1) is 0 Å². The van der Waals surface area contributed by atoms with Crippen LogP contribution in [0.1, 0.15) is 11.1 Å². The van der Waals surface area contributed by atoms with Gasteiger partial charge in [0.05, 0.1) is 4.90 Å². The van der Waals surface area contributed by atoms with Crippen LogP contribution in [-0.4, -0.2) is 21.0 Å². The summed E-state index contributed by atoms with van der Waals surface area (Å²) in [6.07, 6.45) is 0.536. The molecule has 0 aromatic heterocycles. The highest BCUT2D eigenvalue weighted by atomic mass is 35.5. The Kier molecular flexibility index (Phi) is 6.28. The Labute approximate surface area is 191 Å². The number of hydrogen-bond acceptors (Lipinski definition) is 3. The van der Waals surface area contributed by atoms with Crippen LogP contribution in [0.3, 0.4) is 0 Å². The molecule has 0 amide bonds. The molecule has 0 radical (unpaired) electrons. The molecule has 4 nitrogen and oxygen atoms in total. The molecule has 1 aliphatic rings. The maximum absolute atomic E-state index is 13.0. The summed E-state index contributed by atoms with van der Waals surface area (Å²) in [5.41, 5.74) is 3.20. The summed E-state index contributed by atoms with van der Waals surface area (Å²) in [5.74, 6) is 0. The molecule has 0 spiro atoms. The van der Waals surface area contributed by atoms with Gasteiger partial charge < -0.3 is 4.90 Å². The quantitative estimate of drug-likeness (QED) is 0.519. The van der Waals surface area contributed by atoms with Crippen molar-refractivity contribution in [2.75, 3.05) is 11.4 Å². The number of fused-ring (bicyclic) bond motifs is 1. The van der Waals surface area contributed by atoms with Gasteiger partial charge in [0.25, 0.3) is 0 Å². The summed E-state index contributed by atoms with van der Waals surface area (Å²) in [6.45, 7) is 1.19. The van der Waals surface area contributed by atoms with Gasteiger partial charge in [0.15, 0.2) is 0 Å². The first-order chi connectivity index (χ1) is 14.3. The van der Waals surface area contributed by atoms with E-state index in [9.17, 15) is 8.42 Å². The third kappa shape index (κ3) is 4.93. The Morgan fingerprint density at radius 1 is 0.900 bits per heavy atom. The molecule has 1 heterocycles. The molecule has 156 valence electrons. The van der Waals surface area contributed by atoms with E-state index >= 15 is 0 Å². The average molecular weight is 482 g/mol. The summed E-state index contributed by atoms with van der Waals surface area (Å²) in [4.78, 5) is 2.22. The Balaban J connectivity index is 1.63. The number of rotatable bonds is 5. The highest BCUT2D eigenvalue weighted by Gasteiger charge is 2.29. The van der Waals surface area contributed by atoms with Gasteiger partial charge in [-0.05, 0) is 53.9 Å². The second-order valence-electron chi connectivity index (χ2n) is 7.27. The maximum Gasteiger partial charge on any atom is 0.240 e. The standard InChI is InChI=1S/C22H19Cl3N2O2S/c23-17-6-7-22-16(8-17)9-20(14-27(22)13-15-4-2-1-3-5-15)26-30(28,29)21-11-18(24)10-19(25)12-21/h1-8,10-12,20,26H,9,13-14H2. The largest absolute Gasteiger partial charge is 0.365 e. The van der Waals surface area contributed by atoms with Crippen LogP contribution in [0.5, 0.6) is 0 Å². The van der Waals surface area contributed by atoms with Crippen molar-refractivity contribution in [3.63, 3.8) is 0 Å². The molecule has 4 rings (SSSR count). The summed E-state index contributed by atoms with van der Waals surface area (Å²) >= 11 is 18.2. The molecule has 0 saturated heterocycles. The van der Waals surface area contributed by atoms with Gasteiger partial charge >= 0.3 is 0 Å². The van der Waals surface area contributed by atoms with Gasteiger partial charge in [-0.3, -0.25) is 0 Å². The third-order valence-corrected chi connectivity index (χ3v) is 7.15. The summed E-state index contributed by atoms with van der Waals surface area (Å²) in [5, 5.41) is 1.17. The van der Waals surface area contributed by atoms with Gasteiger partial charge in [-0.25, -0.2) is 13.1 Å². The van der Waals surface area contributed by atoms with Crippen molar-refractivity contribution in [1.82, 2.24) is 4.72 Å². The van der Waals surface area contributed by atoms with E-state index in [4.69, 9.17) is 34.8 Å². The molecule has 0 bridgehead atoms. The van der Waals surface area contributed by atoms with Gasteiger partial charge in [0.1, 0.15) is 0 Å². The minimum absolute atomic E-state index is 0.0477. The SMILES string of the molecule is O=S(=O)(NC1Cc2cc(Cl)ccc2N(Cc2ccccc2)C1)c1cc(Cl)cc(Cl)c1. The number of nitrogens with one attached hydrogen (secondary N) is 1. The van der Waals surface area contributed by atoms with Crippen LogP contribution in [0.25, 0.3) is 0 Å². The first-order valence-corrected chi connectivity index (χ1v) is 12.0.